The summed E-state index contributed by atoms with van der Waals surface area (Å²) in [4.78, 5) is 20.3. The monoisotopic (exact) mass is 533 g/mol. The Morgan fingerprint density at radius 1 is 1.11 bits per heavy atom. The SMILES string of the molecule is CN=C(NCCS(=O)(=O)C(C)(C)C)N1CCN(CC(=O)NCCOC)CC1.I. The normalized spacial score (nSPS) is 16.5. The van der Waals surface area contributed by atoms with Crippen LogP contribution >= 0.6 is 24.0 Å². The van der Waals surface area contributed by atoms with Gasteiger partial charge >= 0.3 is 0 Å². The van der Waals surface area contributed by atoms with E-state index in [1.54, 1.807) is 34.9 Å². The average molecular weight is 533 g/mol. The third kappa shape index (κ3) is 9.23. The predicted octanol–water partition coefficient (Wildman–Crippen LogP) is -0.227. The molecular weight excluding hydrogens is 497 g/mol. The number of carbonyl (C=O) groups excluding carboxylic acids is 1. The molecule has 0 spiro atoms. The molecule has 0 atom stereocenters. The fourth-order valence-electron chi connectivity index (χ4n) is 2.60. The van der Waals surface area contributed by atoms with E-state index in [2.05, 4.69) is 25.4 Å². The minimum absolute atomic E-state index is 0. The Morgan fingerprint density at radius 3 is 2.21 bits per heavy atom. The van der Waals surface area contributed by atoms with Crippen molar-refractivity contribution in [3.05, 3.63) is 0 Å². The number of methoxy groups -OCH3 is 1. The van der Waals surface area contributed by atoms with Crippen LogP contribution < -0.4 is 10.6 Å². The quantitative estimate of drug-likeness (QED) is 0.192. The van der Waals surface area contributed by atoms with Crippen LogP contribution in [0.15, 0.2) is 4.99 Å². The highest BCUT2D eigenvalue weighted by molar-refractivity contribution is 14.0. The summed E-state index contributed by atoms with van der Waals surface area (Å²) in [6, 6.07) is 0. The third-order valence-electron chi connectivity index (χ3n) is 4.47. The summed E-state index contributed by atoms with van der Waals surface area (Å²) in [6.45, 7) is 9.81. The lowest BCUT2D eigenvalue weighted by Gasteiger charge is -2.36. The lowest BCUT2D eigenvalue weighted by atomic mass is 10.3. The maximum atomic E-state index is 12.2. The molecule has 1 aliphatic heterocycles. The van der Waals surface area contributed by atoms with E-state index in [1.165, 1.54) is 0 Å². The predicted molar refractivity (Wildman–Crippen MR) is 123 cm³/mol. The standard InChI is InChI=1S/C17H35N5O4S.HI/c1-17(2,3)27(24,25)13-7-20-16(18-4)22-10-8-21(9-11-22)14-15(23)19-6-12-26-5;/h6-14H2,1-5H3,(H,18,20)(H,19,23);1H. The van der Waals surface area contributed by atoms with E-state index in [-0.39, 0.29) is 35.6 Å². The first kappa shape index (κ1) is 27.3. The van der Waals surface area contributed by atoms with Crippen molar-refractivity contribution in [2.75, 3.05) is 72.3 Å². The van der Waals surface area contributed by atoms with Crippen LogP contribution in [0.2, 0.25) is 0 Å². The molecule has 1 heterocycles. The highest BCUT2D eigenvalue weighted by Gasteiger charge is 2.28. The number of halogens is 1. The summed E-state index contributed by atoms with van der Waals surface area (Å²) in [5, 5.41) is 5.96. The minimum Gasteiger partial charge on any atom is -0.383 e. The van der Waals surface area contributed by atoms with Gasteiger partial charge in [-0.15, -0.1) is 24.0 Å². The highest BCUT2D eigenvalue weighted by atomic mass is 127. The Balaban J connectivity index is 0.00000729. The largest absolute Gasteiger partial charge is 0.383 e. The number of ether oxygens (including phenoxy) is 1. The van der Waals surface area contributed by atoms with Crippen molar-refractivity contribution in [2.45, 2.75) is 25.5 Å². The Labute approximate surface area is 186 Å². The number of piperazine rings is 1. The molecule has 28 heavy (non-hydrogen) atoms. The number of amides is 1. The van der Waals surface area contributed by atoms with Gasteiger partial charge in [0.05, 0.1) is 23.7 Å². The number of nitrogens with zero attached hydrogens (tertiary/aromatic N) is 3. The van der Waals surface area contributed by atoms with E-state index in [0.717, 1.165) is 26.2 Å². The second-order valence-corrected chi connectivity index (χ2v) is 10.4. The van der Waals surface area contributed by atoms with Crippen molar-refractivity contribution >= 4 is 45.7 Å². The zero-order chi connectivity index (χ0) is 20.5. The zero-order valence-electron chi connectivity index (χ0n) is 17.7. The minimum atomic E-state index is -3.16. The van der Waals surface area contributed by atoms with Gasteiger partial charge in [-0.1, -0.05) is 0 Å². The number of guanidine groups is 1. The topological polar surface area (TPSA) is 103 Å². The van der Waals surface area contributed by atoms with Crippen LogP contribution in [-0.4, -0.2) is 107 Å². The number of hydrogen-bond acceptors (Lipinski definition) is 6. The molecule has 0 aromatic carbocycles. The summed E-state index contributed by atoms with van der Waals surface area (Å²) in [5.74, 6) is 0.760. The van der Waals surface area contributed by atoms with Crippen molar-refractivity contribution in [3.8, 4) is 0 Å². The second kappa shape index (κ2) is 12.8. The van der Waals surface area contributed by atoms with Crippen molar-refractivity contribution in [3.63, 3.8) is 0 Å². The fraction of sp³-hybridized carbons (Fsp3) is 0.882. The van der Waals surface area contributed by atoms with Gasteiger partial charge in [0.15, 0.2) is 15.8 Å². The van der Waals surface area contributed by atoms with Crippen molar-refractivity contribution < 1.29 is 17.9 Å². The van der Waals surface area contributed by atoms with Crippen LogP contribution in [0.4, 0.5) is 0 Å². The Morgan fingerprint density at radius 2 is 1.71 bits per heavy atom. The number of rotatable bonds is 8. The molecule has 166 valence electrons. The van der Waals surface area contributed by atoms with E-state index < -0.39 is 14.6 Å². The molecular formula is C17H36IN5O4S. The second-order valence-electron chi connectivity index (χ2n) is 7.51. The van der Waals surface area contributed by atoms with Gasteiger partial charge in [-0.05, 0) is 20.8 Å². The number of sulfone groups is 1. The first-order valence-electron chi connectivity index (χ1n) is 9.26. The molecule has 1 saturated heterocycles. The molecule has 0 unspecified atom stereocenters. The summed E-state index contributed by atoms with van der Waals surface area (Å²) in [7, 11) is 0.131. The number of nitrogens with one attached hydrogen (secondary N) is 2. The first-order valence-corrected chi connectivity index (χ1v) is 10.9. The molecule has 1 aliphatic rings. The van der Waals surface area contributed by atoms with E-state index >= 15 is 0 Å². The average Bonchev–Trinajstić information content (AvgIpc) is 2.59. The van der Waals surface area contributed by atoms with E-state index in [1.807, 2.05) is 0 Å². The lowest BCUT2D eigenvalue weighted by molar-refractivity contribution is -0.122. The third-order valence-corrected chi connectivity index (χ3v) is 7.07. The van der Waals surface area contributed by atoms with Crippen LogP contribution in [0, 0.1) is 0 Å². The van der Waals surface area contributed by atoms with Crippen LogP contribution in [0.1, 0.15) is 20.8 Å². The Hall–Kier alpha value is -0.660. The maximum Gasteiger partial charge on any atom is 0.234 e. The zero-order valence-corrected chi connectivity index (χ0v) is 20.8. The lowest BCUT2D eigenvalue weighted by Crippen LogP contribution is -2.54. The van der Waals surface area contributed by atoms with Gasteiger partial charge in [-0.25, -0.2) is 8.42 Å². The summed E-state index contributed by atoms with van der Waals surface area (Å²) in [6.07, 6.45) is 0. The van der Waals surface area contributed by atoms with Crippen molar-refractivity contribution in [2.24, 2.45) is 4.99 Å². The number of carbonyl (C=O) groups is 1. The molecule has 11 heteroatoms. The van der Waals surface area contributed by atoms with Gasteiger partial charge in [0.25, 0.3) is 0 Å². The number of aliphatic imine (C=N–C) groups is 1. The van der Waals surface area contributed by atoms with Gasteiger partial charge in [0.1, 0.15) is 0 Å². The van der Waals surface area contributed by atoms with Gasteiger partial charge in [0.2, 0.25) is 5.91 Å². The molecule has 0 aromatic heterocycles. The molecule has 1 rings (SSSR count). The maximum absolute atomic E-state index is 12.2. The first-order chi connectivity index (χ1) is 12.6. The van der Waals surface area contributed by atoms with Crippen LogP contribution in [0.5, 0.6) is 0 Å². The summed E-state index contributed by atoms with van der Waals surface area (Å²) >= 11 is 0. The van der Waals surface area contributed by atoms with Crippen LogP contribution in [0.3, 0.4) is 0 Å². The molecule has 0 bridgehead atoms. The smallest absolute Gasteiger partial charge is 0.234 e. The fourth-order valence-corrected chi connectivity index (χ4v) is 3.59. The van der Waals surface area contributed by atoms with E-state index in [0.29, 0.717) is 32.2 Å². The van der Waals surface area contributed by atoms with E-state index in [4.69, 9.17) is 4.74 Å². The van der Waals surface area contributed by atoms with Gasteiger partial charge in [0, 0.05) is 53.4 Å². The highest BCUT2D eigenvalue weighted by Crippen LogP contribution is 2.15. The molecule has 0 aliphatic carbocycles. The molecule has 0 saturated carbocycles. The van der Waals surface area contributed by atoms with E-state index in [9.17, 15) is 13.2 Å². The Bertz CT molecular complexity index is 599. The van der Waals surface area contributed by atoms with Crippen molar-refractivity contribution in [1.29, 1.82) is 0 Å². The van der Waals surface area contributed by atoms with Crippen LogP contribution in [-0.2, 0) is 19.4 Å². The molecule has 0 aromatic rings. The number of hydrogen-bond donors (Lipinski definition) is 2. The van der Waals surface area contributed by atoms with Crippen molar-refractivity contribution in [1.82, 2.24) is 20.4 Å². The molecule has 2 N–H and O–H groups in total. The molecule has 1 amide bonds. The summed E-state index contributed by atoms with van der Waals surface area (Å²) < 4.78 is 28.5. The summed E-state index contributed by atoms with van der Waals surface area (Å²) in [5.41, 5.74) is 0. The van der Waals surface area contributed by atoms with Gasteiger partial charge in [-0.3, -0.25) is 14.7 Å². The Kier molecular flexibility index (Phi) is 12.5. The van der Waals surface area contributed by atoms with Gasteiger partial charge < -0.3 is 20.3 Å². The van der Waals surface area contributed by atoms with Gasteiger partial charge in [-0.2, -0.15) is 0 Å². The van der Waals surface area contributed by atoms with Crippen LogP contribution in [0.25, 0.3) is 0 Å². The molecule has 1 fully saturated rings. The molecule has 0 radical (unpaired) electrons. The molecule has 9 nitrogen and oxygen atoms in total.